The van der Waals surface area contributed by atoms with Crippen molar-refractivity contribution >= 4 is 44.6 Å². The zero-order valence-electron chi connectivity index (χ0n) is 38.2. The van der Waals surface area contributed by atoms with Crippen molar-refractivity contribution in [2.24, 2.45) is 0 Å². The molecule has 5 heteroatoms. The summed E-state index contributed by atoms with van der Waals surface area (Å²) in [6, 6.07) is 63.5. The predicted octanol–water partition coefficient (Wildman–Crippen LogP) is 15.8. The molecule has 1 aliphatic heterocycles. The topological polar surface area (TPSA) is 33.5 Å². The minimum Gasteiger partial charge on any atom is -0.457 e. The number of rotatable bonds is 8. The molecule has 0 spiro atoms. The normalized spacial score (nSPS) is 13.2. The smallest absolute Gasteiger partial charge is 0.137 e. The molecule has 0 unspecified atom stereocenters. The molecule has 0 fully saturated rings. The molecule has 0 bridgehead atoms. The van der Waals surface area contributed by atoms with Gasteiger partial charge < -0.3 is 14.5 Å². The fourth-order valence-electron chi connectivity index (χ4n) is 9.23. The largest absolute Gasteiger partial charge is 0.457 e. The average Bonchev–Trinajstić information content (AvgIpc) is 3.85. The molecule has 64 heavy (non-hydrogen) atoms. The second kappa shape index (κ2) is 15.6. The van der Waals surface area contributed by atoms with Crippen molar-refractivity contribution in [1.29, 1.82) is 0 Å². The van der Waals surface area contributed by atoms with Crippen molar-refractivity contribution in [3.05, 3.63) is 204 Å². The van der Waals surface area contributed by atoms with Crippen molar-refractivity contribution in [2.45, 2.75) is 71.6 Å². The van der Waals surface area contributed by atoms with E-state index in [2.05, 4.69) is 240 Å². The Labute approximate surface area is 378 Å². The lowest BCUT2D eigenvalue weighted by molar-refractivity contribution is 0.483. The molecule has 0 saturated carbocycles. The lowest BCUT2D eigenvalue weighted by Crippen LogP contribution is -2.24. The maximum Gasteiger partial charge on any atom is 0.137 e. The predicted molar refractivity (Wildman–Crippen MR) is 269 cm³/mol. The molecule has 0 saturated heterocycles. The second-order valence-corrected chi connectivity index (χ2v) is 19.9. The molecular formula is C59H56N4O. The summed E-state index contributed by atoms with van der Waals surface area (Å²) in [5.74, 6) is 2.43. The molecule has 7 aromatic carbocycles. The summed E-state index contributed by atoms with van der Waals surface area (Å²) in [5.41, 5.74) is 14.0. The van der Waals surface area contributed by atoms with Crippen LogP contribution in [0.3, 0.4) is 0 Å². The van der Waals surface area contributed by atoms with E-state index in [1.165, 1.54) is 50.1 Å². The van der Waals surface area contributed by atoms with Crippen molar-refractivity contribution in [3.8, 4) is 28.4 Å². The van der Waals surface area contributed by atoms with E-state index in [9.17, 15) is 0 Å². The minimum absolute atomic E-state index is 0.0171. The van der Waals surface area contributed by atoms with Gasteiger partial charge >= 0.3 is 0 Å². The first kappa shape index (κ1) is 40.9. The second-order valence-electron chi connectivity index (χ2n) is 19.9. The lowest BCUT2D eigenvalue weighted by atomic mass is 9.78. The summed E-state index contributed by atoms with van der Waals surface area (Å²) in [5, 5.41) is 2.35. The molecule has 10 rings (SSSR count). The van der Waals surface area contributed by atoms with Crippen LogP contribution >= 0.6 is 0 Å². The van der Waals surface area contributed by atoms with Crippen molar-refractivity contribution < 1.29 is 4.74 Å². The zero-order chi connectivity index (χ0) is 44.4. The Morgan fingerprint density at radius 1 is 0.438 bits per heavy atom. The third kappa shape index (κ3) is 7.49. The highest BCUT2D eigenvalue weighted by atomic mass is 16.5. The van der Waals surface area contributed by atoms with Gasteiger partial charge in [-0.25, -0.2) is 4.98 Å². The Kier molecular flexibility index (Phi) is 9.98. The van der Waals surface area contributed by atoms with Crippen LogP contribution < -0.4 is 14.5 Å². The van der Waals surface area contributed by atoms with E-state index in [0.29, 0.717) is 6.67 Å². The number of hydrogen-bond acceptors (Lipinski definition) is 4. The summed E-state index contributed by atoms with van der Waals surface area (Å²) < 4.78 is 9.13. The Balaban J connectivity index is 1.03. The molecule has 5 nitrogen and oxygen atoms in total. The molecular weight excluding hydrogens is 781 g/mol. The van der Waals surface area contributed by atoms with Crippen molar-refractivity contribution in [2.75, 3.05) is 16.5 Å². The van der Waals surface area contributed by atoms with E-state index in [4.69, 9.17) is 9.72 Å². The van der Waals surface area contributed by atoms with Gasteiger partial charge in [0.05, 0.1) is 22.4 Å². The van der Waals surface area contributed by atoms with Crippen LogP contribution in [0.2, 0.25) is 0 Å². The fraction of sp³-hybridized carbons (Fsp3) is 0.203. The first-order chi connectivity index (χ1) is 30.7. The molecule has 1 aliphatic rings. The average molecular weight is 837 g/mol. The highest BCUT2D eigenvalue weighted by molar-refractivity contribution is 6.10. The van der Waals surface area contributed by atoms with Crippen LogP contribution in [0, 0.1) is 0 Å². The molecule has 2 aromatic heterocycles. The van der Waals surface area contributed by atoms with Gasteiger partial charge in [0.2, 0.25) is 0 Å². The van der Waals surface area contributed by atoms with Gasteiger partial charge in [-0.1, -0.05) is 146 Å². The molecule has 3 heterocycles. The van der Waals surface area contributed by atoms with E-state index in [1.54, 1.807) is 0 Å². The van der Waals surface area contributed by atoms with Gasteiger partial charge in [-0.2, -0.15) is 0 Å². The number of nitrogens with zero attached hydrogens (tertiary/aromatic N) is 4. The Hall–Kier alpha value is -7.11. The maximum atomic E-state index is 6.83. The summed E-state index contributed by atoms with van der Waals surface area (Å²) in [6.07, 6.45) is 1.94. The van der Waals surface area contributed by atoms with E-state index in [0.717, 1.165) is 45.1 Å². The van der Waals surface area contributed by atoms with Crippen LogP contribution in [0.5, 0.6) is 11.5 Å². The molecule has 0 radical (unpaired) electrons. The molecule has 318 valence electrons. The standard InChI is InChI=1S/C59H56N4O/c1-57(2,3)43-30-31-60-56(36-43)63-52-29-26-44(59(7,8)42-20-13-10-14-21-42)35-51(52)50-28-27-49(38-55(50)63)64-48-23-17-22-46(37-48)61-39-62(54-25-16-15-24-53(54)61)47-33-41(40-18-11-9-12-19-40)32-45(34-47)58(4,5)6/h9-38H,39H2,1-8H3. The Morgan fingerprint density at radius 3 is 1.83 bits per heavy atom. The van der Waals surface area contributed by atoms with Gasteiger partial charge in [0, 0.05) is 45.9 Å². The summed E-state index contributed by atoms with van der Waals surface area (Å²) in [4.78, 5) is 9.80. The van der Waals surface area contributed by atoms with E-state index in [1.807, 2.05) is 12.3 Å². The summed E-state index contributed by atoms with van der Waals surface area (Å²) >= 11 is 0. The van der Waals surface area contributed by atoms with Gasteiger partial charge in [0.25, 0.3) is 0 Å². The molecule has 0 N–H and O–H groups in total. The van der Waals surface area contributed by atoms with Crippen LogP contribution in [-0.4, -0.2) is 16.2 Å². The van der Waals surface area contributed by atoms with Crippen LogP contribution in [0.4, 0.5) is 22.7 Å². The number of anilines is 4. The maximum absolute atomic E-state index is 6.83. The SMILES string of the molecule is CC(C)(C)c1cc(-c2ccccc2)cc(N2CN(c3cccc(Oc4ccc5c6cc(C(C)(C)c7ccccc7)ccc6n(-c6cc(C(C)(C)C)ccn6)c5c4)c3)c3ccccc32)c1. The third-order valence-electron chi connectivity index (χ3n) is 13.1. The summed E-state index contributed by atoms with van der Waals surface area (Å²) in [6.45, 7) is 18.9. The van der Waals surface area contributed by atoms with Crippen LogP contribution in [-0.2, 0) is 16.2 Å². The number of ether oxygens (including phenoxy) is 1. The number of fused-ring (bicyclic) bond motifs is 4. The molecule has 9 aromatic rings. The van der Waals surface area contributed by atoms with Gasteiger partial charge in [-0.3, -0.25) is 4.57 Å². The Bertz CT molecular complexity index is 3170. The number of hydrogen-bond donors (Lipinski definition) is 0. The van der Waals surface area contributed by atoms with E-state index >= 15 is 0 Å². The zero-order valence-corrected chi connectivity index (χ0v) is 38.2. The fourth-order valence-corrected chi connectivity index (χ4v) is 9.23. The monoisotopic (exact) mass is 836 g/mol. The van der Waals surface area contributed by atoms with Crippen LogP contribution in [0.1, 0.15) is 77.6 Å². The van der Waals surface area contributed by atoms with E-state index in [-0.39, 0.29) is 16.2 Å². The van der Waals surface area contributed by atoms with Crippen LogP contribution in [0.15, 0.2) is 182 Å². The number of benzene rings is 7. The number of aromatic nitrogens is 2. The van der Waals surface area contributed by atoms with Gasteiger partial charge in [-0.15, -0.1) is 0 Å². The first-order valence-electron chi connectivity index (χ1n) is 22.5. The van der Waals surface area contributed by atoms with Crippen LogP contribution in [0.25, 0.3) is 38.8 Å². The number of pyridine rings is 1. The van der Waals surface area contributed by atoms with Crippen molar-refractivity contribution in [3.63, 3.8) is 0 Å². The quantitative estimate of drug-likeness (QED) is 0.153. The molecule has 0 atom stereocenters. The molecule has 0 amide bonds. The number of para-hydroxylation sites is 2. The lowest BCUT2D eigenvalue weighted by Gasteiger charge is -2.26. The van der Waals surface area contributed by atoms with E-state index < -0.39 is 0 Å². The highest BCUT2D eigenvalue weighted by Crippen LogP contribution is 2.47. The first-order valence-corrected chi connectivity index (χ1v) is 22.5. The Morgan fingerprint density at radius 2 is 1.11 bits per heavy atom. The minimum atomic E-state index is -0.184. The third-order valence-corrected chi connectivity index (χ3v) is 13.1. The summed E-state index contributed by atoms with van der Waals surface area (Å²) in [7, 11) is 0. The van der Waals surface area contributed by atoms with Crippen molar-refractivity contribution in [1.82, 2.24) is 9.55 Å². The van der Waals surface area contributed by atoms with Gasteiger partial charge in [0.1, 0.15) is 24.0 Å². The van der Waals surface area contributed by atoms with Gasteiger partial charge in [0.15, 0.2) is 0 Å². The highest BCUT2D eigenvalue weighted by Gasteiger charge is 2.30. The molecule has 0 aliphatic carbocycles. The van der Waals surface area contributed by atoms with Gasteiger partial charge in [-0.05, 0) is 117 Å².